The molecule has 0 bridgehead atoms. The molecular weight excluding hydrogens is 554 g/mol. The molecule has 0 amide bonds. The average molecular weight is 588 g/mol. The fourth-order valence-corrected chi connectivity index (χ4v) is 4.82. The van der Waals surface area contributed by atoms with E-state index in [-0.39, 0.29) is 38.8 Å². The van der Waals surface area contributed by atoms with Crippen LogP contribution in [0.1, 0.15) is 63.0 Å². The van der Waals surface area contributed by atoms with Gasteiger partial charge in [0.2, 0.25) is 0 Å². The fraction of sp³-hybridized carbons (Fsp3) is 0.357. The van der Waals surface area contributed by atoms with Crippen LogP contribution in [0.25, 0.3) is 5.57 Å². The second-order valence-electron chi connectivity index (χ2n) is 8.56. The Morgan fingerprint density at radius 1 is 1.20 bits per heavy atom. The molecule has 2 aliphatic rings. The van der Waals surface area contributed by atoms with Crippen LogP contribution < -0.4 is 10.7 Å². The minimum Gasteiger partial charge on any atom is -0.535 e. The first kappa shape index (κ1) is 29.9. The van der Waals surface area contributed by atoms with Crippen LogP contribution in [0.4, 0.5) is 0 Å². The molecule has 4 nitrogen and oxygen atoms in total. The van der Waals surface area contributed by atoms with Crippen LogP contribution in [-0.4, -0.2) is 12.3 Å². The molecule has 1 aromatic carbocycles. The molecule has 0 heterocycles. The van der Waals surface area contributed by atoms with Crippen molar-refractivity contribution in [1.82, 2.24) is 10.7 Å². The molecule has 1 aromatic rings. The Morgan fingerprint density at radius 3 is 2.57 bits per heavy atom. The third-order valence-electron chi connectivity index (χ3n) is 6.06. The number of hydrogen-bond acceptors (Lipinski definition) is 4. The molecule has 0 aliphatic heterocycles. The Kier molecular flexibility index (Phi) is 13.4. The van der Waals surface area contributed by atoms with E-state index in [9.17, 15) is 0 Å². The van der Waals surface area contributed by atoms with E-state index >= 15 is 0 Å². The monoisotopic (exact) mass is 587 g/mol. The van der Waals surface area contributed by atoms with E-state index in [1.165, 1.54) is 24.8 Å². The molecule has 0 aromatic heterocycles. The molecule has 2 aliphatic carbocycles. The van der Waals surface area contributed by atoms with Crippen LogP contribution in [0.5, 0.6) is 0 Å². The number of allylic oxidation sites excluding steroid dienone is 5. The summed E-state index contributed by atoms with van der Waals surface area (Å²) in [4.78, 5) is 0. The first-order chi connectivity index (χ1) is 16.5. The SMILES string of the molecule is C=CN/N=C\C(OC1CCCCC1)=C(/C)c1ccc(C[CH-]NC(=C)C2=C(Cl)CCC=C2Cl)cc1.[Y]. The van der Waals surface area contributed by atoms with Gasteiger partial charge < -0.3 is 10.1 Å². The van der Waals surface area contributed by atoms with Crippen molar-refractivity contribution < 1.29 is 37.4 Å². The van der Waals surface area contributed by atoms with Gasteiger partial charge in [-0.25, -0.2) is 6.54 Å². The van der Waals surface area contributed by atoms with Crippen molar-refractivity contribution in [3.05, 3.63) is 94.5 Å². The Hall–Kier alpha value is -1.33. The van der Waals surface area contributed by atoms with Crippen LogP contribution in [-0.2, 0) is 43.9 Å². The van der Waals surface area contributed by atoms with E-state index in [0.29, 0.717) is 5.03 Å². The van der Waals surface area contributed by atoms with E-state index in [2.05, 4.69) is 60.2 Å². The maximum atomic E-state index is 6.35. The number of nitrogens with one attached hydrogen (secondary N) is 2. The molecule has 1 saturated carbocycles. The number of halogens is 2. The van der Waals surface area contributed by atoms with E-state index in [1.807, 2.05) is 12.6 Å². The number of hydrazone groups is 1. The van der Waals surface area contributed by atoms with Gasteiger partial charge in [-0.05, 0) is 56.6 Å². The molecular formula is C28H34Cl2N3OY-. The van der Waals surface area contributed by atoms with Crippen LogP contribution in [0, 0.1) is 6.54 Å². The van der Waals surface area contributed by atoms with Crippen molar-refractivity contribution in [3.8, 4) is 0 Å². The Morgan fingerprint density at radius 2 is 1.91 bits per heavy atom. The molecule has 0 spiro atoms. The number of nitrogens with zero attached hydrogens (tertiary/aromatic N) is 1. The first-order valence-corrected chi connectivity index (χ1v) is 12.6. The maximum absolute atomic E-state index is 6.35. The van der Waals surface area contributed by atoms with Gasteiger partial charge in [0.1, 0.15) is 5.76 Å². The molecule has 35 heavy (non-hydrogen) atoms. The zero-order valence-electron chi connectivity index (χ0n) is 20.5. The summed E-state index contributed by atoms with van der Waals surface area (Å²) in [6.07, 6.45) is 13.8. The molecule has 1 fully saturated rings. The quantitative estimate of drug-likeness (QED) is 0.121. The van der Waals surface area contributed by atoms with Gasteiger partial charge in [0.15, 0.2) is 0 Å². The molecule has 3 rings (SSSR count). The van der Waals surface area contributed by atoms with Crippen molar-refractivity contribution in [1.29, 1.82) is 0 Å². The third-order valence-corrected chi connectivity index (χ3v) is 6.78. The zero-order valence-corrected chi connectivity index (χ0v) is 24.8. The molecule has 0 unspecified atom stereocenters. The van der Waals surface area contributed by atoms with Crippen LogP contribution >= 0.6 is 23.2 Å². The summed E-state index contributed by atoms with van der Waals surface area (Å²) in [6, 6.07) is 8.48. The van der Waals surface area contributed by atoms with Crippen molar-refractivity contribution >= 4 is 35.0 Å². The molecule has 0 atom stereocenters. The van der Waals surface area contributed by atoms with Crippen LogP contribution in [0.2, 0.25) is 0 Å². The van der Waals surface area contributed by atoms with Crippen molar-refractivity contribution in [2.24, 2.45) is 5.10 Å². The van der Waals surface area contributed by atoms with Crippen LogP contribution in [0.3, 0.4) is 0 Å². The summed E-state index contributed by atoms with van der Waals surface area (Å²) >= 11 is 12.7. The van der Waals surface area contributed by atoms with Crippen molar-refractivity contribution in [3.63, 3.8) is 0 Å². The summed E-state index contributed by atoms with van der Waals surface area (Å²) in [5, 5.41) is 8.86. The van der Waals surface area contributed by atoms with Crippen molar-refractivity contribution in [2.45, 2.75) is 64.4 Å². The van der Waals surface area contributed by atoms with E-state index in [1.54, 1.807) is 12.4 Å². The third kappa shape index (κ3) is 9.24. The molecule has 7 heteroatoms. The largest absolute Gasteiger partial charge is 0.535 e. The van der Waals surface area contributed by atoms with E-state index < -0.39 is 0 Å². The maximum Gasteiger partial charge on any atom is 0.143 e. The molecule has 2 N–H and O–H groups in total. The number of benzene rings is 1. The second-order valence-corrected chi connectivity index (χ2v) is 9.42. The predicted molar refractivity (Wildman–Crippen MR) is 145 cm³/mol. The van der Waals surface area contributed by atoms with Gasteiger partial charge >= 0.3 is 0 Å². The summed E-state index contributed by atoms with van der Waals surface area (Å²) < 4.78 is 6.35. The van der Waals surface area contributed by atoms with Gasteiger partial charge in [-0.15, -0.1) is 6.42 Å². The van der Waals surface area contributed by atoms with Gasteiger partial charge in [-0.2, -0.15) is 5.10 Å². The molecule has 1 radical (unpaired) electrons. The van der Waals surface area contributed by atoms with Gasteiger partial charge in [-0.3, -0.25) is 5.43 Å². The zero-order chi connectivity index (χ0) is 24.3. The minimum absolute atomic E-state index is 0. The summed E-state index contributed by atoms with van der Waals surface area (Å²) in [5.74, 6) is 0.793. The van der Waals surface area contributed by atoms with Gasteiger partial charge in [-0.1, -0.05) is 78.7 Å². The Labute approximate surface area is 245 Å². The smallest absolute Gasteiger partial charge is 0.143 e. The Bertz CT molecular complexity index is 990. The second kappa shape index (κ2) is 15.7. The van der Waals surface area contributed by atoms with E-state index in [0.717, 1.165) is 65.3 Å². The molecule has 0 saturated heterocycles. The van der Waals surface area contributed by atoms with Gasteiger partial charge in [0.05, 0.1) is 12.3 Å². The van der Waals surface area contributed by atoms with E-state index in [4.69, 9.17) is 27.9 Å². The van der Waals surface area contributed by atoms with Gasteiger partial charge in [0.25, 0.3) is 0 Å². The first-order valence-electron chi connectivity index (χ1n) is 11.9. The fourth-order valence-electron chi connectivity index (χ4n) is 4.11. The number of rotatable bonds is 11. The van der Waals surface area contributed by atoms with Crippen LogP contribution in [0.15, 0.2) is 81.9 Å². The van der Waals surface area contributed by atoms with Gasteiger partial charge in [0, 0.05) is 60.2 Å². The summed E-state index contributed by atoms with van der Waals surface area (Å²) in [5.41, 5.74) is 7.64. The topological polar surface area (TPSA) is 45.7 Å². The summed E-state index contributed by atoms with van der Waals surface area (Å²) in [6.45, 7) is 11.8. The molecule has 185 valence electrons. The average Bonchev–Trinajstić information content (AvgIpc) is 2.84. The number of hydrogen-bond donors (Lipinski definition) is 2. The standard InChI is InChI=1S/C28H34Cl2N3O.Y/c1-4-32-33-19-27(34-24-9-6-5-7-10-24)20(2)23-15-13-22(14-16-23)17-18-31-21(3)28-25(29)11-8-12-26(28)30;/h4,11,13-16,18-19,24,31-32H,1,3,5-10,12,17H2,2H3;/q-1;/b27-20-,33-19-;. The van der Waals surface area contributed by atoms with Crippen molar-refractivity contribution in [2.75, 3.05) is 0 Å². The normalized spacial score (nSPS) is 17.3. The summed E-state index contributed by atoms with van der Waals surface area (Å²) in [7, 11) is 0. The Balaban J connectivity index is 0.00000432. The number of ether oxygens (including phenoxy) is 1. The minimum atomic E-state index is 0. The predicted octanol–water partition coefficient (Wildman–Crippen LogP) is 7.70.